The zero-order valence-electron chi connectivity index (χ0n) is 15.2. The number of hydrogen-bond acceptors (Lipinski definition) is 6. The van der Waals surface area contributed by atoms with Crippen LogP contribution in [0.15, 0.2) is 35.6 Å². The summed E-state index contributed by atoms with van der Waals surface area (Å²) in [7, 11) is 4.90. The Labute approximate surface area is 153 Å². The average molecular weight is 360 g/mol. The van der Waals surface area contributed by atoms with E-state index in [-0.39, 0.29) is 24.9 Å². The number of aliphatic hydroxyl groups excluding tert-OH is 1. The van der Waals surface area contributed by atoms with Crippen LogP contribution in [0.4, 0.5) is 0 Å². The number of hydrogen-bond donors (Lipinski definition) is 1. The van der Waals surface area contributed by atoms with Gasteiger partial charge in [-0.25, -0.2) is 0 Å². The summed E-state index contributed by atoms with van der Waals surface area (Å²) in [5, 5.41) is 10.8. The molecule has 0 bridgehead atoms. The maximum absolute atomic E-state index is 10.8. The first-order valence-corrected chi connectivity index (χ1v) is 8.79. The van der Waals surface area contributed by atoms with Crippen molar-refractivity contribution in [2.24, 2.45) is 0 Å². The van der Waals surface area contributed by atoms with Gasteiger partial charge in [0, 0.05) is 20.1 Å². The predicted molar refractivity (Wildman–Crippen MR) is 94.4 cm³/mol. The Balaban J connectivity index is 1.78. The van der Waals surface area contributed by atoms with Gasteiger partial charge in [-0.3, -0.25) is 0 Å². The van der Waals surface area contributed by atoms with E-state index in [0.717, 1.165) is 29.1 Å². The highest BCUT2D eigenvalue weighted by atomic mass is 16.7. The van der Waals surface area contributed by atoms with Crippen LogP contribution in [0, 0.1) is 0 Å². The SMILES string of the molecule is COC1=CC(C2c3cc4c(cc3CCC2O)OCO4)=CC(OC)C1OC. The van der Waals surface area contributed by atoms with E-state index in [1.54, 1.807) is 21.3 Å². The van der Waals surface area contributed by atoms with Crippen LogP contribution in [-0.4, -0.2) is 51.5 Å². The summed E-state index contributed by atoms with van der Waals surface area (Å²) in [4.78, 5) is 0. The largest absolute Gasteiger partial charge is 0.498 e. The Kier molecular flexibility index (Phi) is 4.65. The van der Waals surface area contributed by atoms with Crippen molar-refractivity contribution in [1.82, 2.24) is 0 Å². The van der Waals surface area contributed by atoms with Gasteiger partial charge in [-0.1, -0.05) is 0 Å². The molecule has 2 aliphatic carbocycles. The molecule has 0 spiro atoms. The highest BCUT2D eigenvalue weighted by Gasteiger charge is 2.37. The first-order chi connectivity index (χ1) is 12.7. The van der Waals surface area contributed by atoms with Gasteiger partial charge in [-0.15, -0.1) is 0 Å². The van der Waals surface area contributed by atoms with Gasteiger partial charge in [0.25, 0.3) is 0 Å². The maximum Gasteiger partial charge on any atom is 0.231 e. The molecule has 140 valence electrons. The molecule has 1 aromatic rings. The molecule has 0 amide bonds. The Morgan fingerprint density at radius 2 is 1.85 bits per heavy atom. The topological polar surface area (TPSA) is 66.4 Å². The van der Waals surface area contributed by atoms with Gasteiger partial charge in [0.2, 0.25) is 6.79 Å². The number of aryl methyl sites for hydroxylation is 1. The fourth-order valence-electron chi connectivity index (χ4n) is 4.13. The summed E-state index contributed by atoms with van der Waals surface area (Å²) in [6.45, 7) is 0.239. The van der Waals surface area contributed by atoms with Crippen LogP contribution in [0.2, 0.25) is 0 Å². The van der Waals surface area contributed by atoms with Crippen molar-refractivity contribution in [2.75, 3.05) is 28.1 Å². The van der Waals surface area contributed by atoms with Crippen molar-refractivity contribution in [2.45, 2.75) is 37.1 Å². The molecule has 4 atom stereocenters. The van der Waals surface area contributed by atoms with Gasteiger partial charge in [0.15, 0.2) is 11.5 Å². The number of methoxy groups -OCH3 is 3. The molecule has 3 aliphatic rings. The molecule has 4 rings (SSSR count). The fourth-order valence-corrected chi connectivity index (χ4v) is 4.13. The molecule has 1 aliphatic heterocycles. The minimum absolute atomic E-state index is 0.172. The quantitative estimate of drug-likeness (QED) is 0.889. The number of aliphatic hydroxyl groups is 1. The molecule has 4 unspecified atom stereocenters. The van der Waals surface area contributed by atoms with Gasteiger partial charge in [0.05, 0.1) is 13.2 Å². The number of fused-ring (bicyclic) bond motifs is 2. The van der Waals surface area contributed by atoms with Crippen LogP contribution < -0.4 is 9.47 Å². The summed E-state index contributed by atoms with van der Waals surface area (Å²) in [6, 6.07) is 4.03. The van der Waals surface area contributed by atoms with Crippen molar-refractivity contribution in [3.63, 3.8) is 0 Å². The van der Waals surface area contributed by atoms with Crippen LogP contribution in [-0.2, 0) is 20.6 Å². The highest BCUT2D eigenvalue weighted by molar-refractivity contribution is 5.54. The van der Waals surface area contributed by atoms with Crippen LogP contribution in [0.3, 0.4) is 0 Å². The molecular formula is C20H24O6. The van der Waals surface area contributed by atoms with Gasteiger partial charge >= 0.3 is 0 Å². The Hall–Kier alpha value is -2.02. The van der Waals surface area contributed by atoms with Crippen LogP contribution in [0.5, 0.6) is 11.5 Å². The van der Waals surface area contributed by atoms with Crippen molar-refractivity contribution in [1.29, 1.82) is 0 Å². The molecular weight excluding hydrogens is 336 g/mol. The van der Waals surface area contributed by atoms with Crippen molar-refractivity contribution in [3.8, 4) is 11.5 Å². The molecule has 6 heteroatoms. The number of ether oxygens (including phenoxy) is 5. The summed E-state index contributed by atoms with van der Waals surface area (Å²) in [6.07, 6.45) is 4.41. The summed E-state index contributed by atoms with van der Waals surface area (Å²) >= 11 is 0. The lowest BCUT2D eigenvalue weighted by atomic mass is 9.74. The maximum atomic E-state index is 10.8. The minimum atomic E-state index is -0.486. The van der Waals surface area contributed by atoms with Gasteiger partial charge in [-0.05, 0) is 53.8 Å². The van der Waals surface area contributed by atoms with Crippen LogP contribution in [0.25, 0.3) is 0 Å². The lowest BCUT2D eigenvalue weighted by Gasteiger charge is -2.35. The third-order valence-electron chi connectivity index (χ3n) is 5.43. The second-order valence-corrected chi connectivity index (χ2v) is 6.76. The zero-order chi connectivity index (χ0) is 18.3. The standard InChI is InChI=1S/C20H24O6/c1-22-17-7-12(8-18(23-2)20(17)24-3)19-13-9-16-15(25-10-26-16)6-11(13)4-5-14(19)21/h6-9,14,17,19-21H,4-5,10H2,1-3H3. The van der Waals surface area contributed by atoms with Crippen molar-refractivity contribution in [3.05, 3.63) is 46.7 Å². The van der Waals surface area contributed by atoms with E-state index in [1.165, 1.54) is 5.56 Å². The molecule has 6 nitrogen and oxygen atoms in total. The van der Waals surface area contributed by atoms with Crippen molar-refractivity contribution < 1.29 is 28.8 Å². The highest BCUT2D eigenvalue weighted by Crippen LogP contribution is 2.45. The molecule has 0 radical (unpaired) electrons. The molecule has 0 fully saturated rings. The number of allylic oxidation sites excluding steroid dienone is 1. The molecule has 26 heavy (non-hydrogen) atoms. The van der Waals surface area contributed by atoms with E-state index >= 15 is 0 Å². The van der Waals surface area contributed by atoms with E-state index < -0.39 is 6.10 Å². The second-order valence-electron chi connectivity index (χ2n) is 6.76. The monoisotopic (exact) mass is 360 g/mol. The van der Waals surface area contributed by atoms with E-state index in [9.17, 15) is 5.11 Å². The molecule has 0 saturated heterocycles. The molecule has 1 aromatic carbocycles. The number of rotatable bonds is 4. The zero-order valence-corrected chi connectivity index (χ0v) is 15.2. The molecule has 0 saturated carbocycles. The molecule has 0 aromatic heterocycles. The average Bonchev–Trinajstić information content (AvgIpc) is 3.12. The minimum Gasteiger partial charge on any atom is -0.498 e. The second kappa shape index (κ2) is 6.95. The van der Waals surface area contributed by atoms with Crippen LogP contribution in [0.1, 0.15) is 23.5 Å². The van der Waals surface area contributed by atoms with Crippen LogP contribution >= 0.6 is 0 Å². The van der Waals surface area contributed by atoms with Crippen molar-refractivity contribution >= 4 is 0 Å². The van der Waals surface area contributed by atoms with Gasteiger partial charge in [0.1, 0.15) is 18.0 Å². The first kappa shape index (κ1) is 17.4. The smallest absolute Gasteiger partial charge is 0.231 e. The van der Waals surface area contributed by atoms with Gasteiger partial charge in [-0.2, -0.15) is 0 Å². The summed E-state index contributed by atoms with van der Waals surface area (Å²) in [5.41, 5.74) is 3.21. The Morgan fingerprint density at radius 3 is 2.54 bits per heavy atom. The van der Waals surface area contributed by atoms with E-state index in [0.29, 0.717) is 12.2 Å². The van der Waals surface area contributed by atoms with E-state index in [2.05, 4.69) is 0 Å². The first-order valence-electron chi connectivity index (χ1n) is 8.79. The predicted octanol–water partition coefficient (Wildman–Crippen LogP) is 2.31. The Bertz CT molecular complexity index is 753. The lowest BCUT2D eigenvalue weighted by Crippen LogP contribution is -2.36. The third kappa shape index (κ3) is 2.78. The molecule has 1 heterocycles. The van der Waals surface area contributed by atoms with E-state index in [1.807, 2.05) is 24.3 Å². The third-order valence-corrected chi connectivity index (χ3v) is 5.43. The summed E-state index contributed by atoms with van der Waals surface area (Å²) < 4.78 is 27.7. The van der Waals surface area contributed by atoms with E-state index in [4.69, 9.17) is 23.7 Å². The van der Waals surface area contributed by atoms with Gasteiger partial charge < -0.3 is 28.8 Å². The fraction of sp³-hybridized carbons (Fsp3) is 0.500. The number of benzene rings is 1. The summed E-state index contributed by atoms with van der Waals surface area (Å²) in [5.74, 6) is 2.03. The lowest BCUT2D eigenvalue weighted by molar-refractivity contribution is -0.0196. The normalized spacial score (nSPS) is 29.7. The Morgan fingerprint density at radius 1 is 1.08 bits per heavy atom. The molecule has 1 N–H and O–H groups in total.